The summed E-state index contributed by atoms with van der Waals surface area (Å²) in [4.78, 5) is 24.2. The van der Waals surface area contributed by atoms with Crippen LogP contribution in [0.5, 0.6) is 0 Å². The zero-order valence-corrected chi connectivity index (χ0v) is 19.5. The van der Waals surface area contributed by atoms with Crippen molar-refractivity contribution in [1.82, 2.24) is 19.9 Å². The van der Waals surface area contributed by atoms with Crippen LogP contribution in [0.25, 0.3) is 21.6 Å². The molecule has 33 heavy (non-hydrogen) atoms. The molecule has 1 fully saturated rings. The first-order valence-electron chi connectivity index (χ1n) is 11.0. The highest BCUT2D eigenvalue weighted by Gasteiger charge is 2.21. The van der Waals surface area contributed by atoms with Crippen molar-refractivity contribution in [3.63, 3.8) is 0 Å². The van der Waals surface area contributed by atoms with Crippen LogP contribution < -0.4 is 9.80 Å². The lowest BCUT2D eigenvalue weighted by molar-refractivity contribution is 0.122. The van der Waals surface area contributed by atoms with Gasteiger partial charge in [-0.15, -0.1) is 11.3 Å². The second-order valence-electron chi connectivity index (χ2n) is 7.96. The van der Waals surface area contributed by atoms with E-state index in [-0.39, 0.29) is 5.82 Å². The second-order valence-corrected chi connectivity index (χ2v) is 9.10. The summed E-state index contributed by atoms with van der Waals surface area (Å²) in [6.07, 6.45) is 2.68. The van der Waals surface area contributed by atoms with Crippen molar-refractivity contribution in [1.29, 1.82) is 0 Å². The maximum Gasteiger partial charge on any atom is 0.225 e. The molecule has 1 saturated heterocycles. The molecule has 0 unspecified atom stereocenters. The molecule has 0 amide bonds. The molecular formula is C24H25FN6OS. The zero-order valence-electron chi connectivity index (χ0n) is 18.7. The first kappa shape index (κ1) is 21.7. The average molecular weight is 465 g/mol. The van der Waals surface area contributed by atoms with E-state index < -0.39 is 0 Å². The molecule has 170 valence electrons. The molecule has 9 heteroatoms. The Morgan fingerprint density at radius 2 is 1.88 bits per heavy atom. The van der Waals surface area contributed by atoms with Gasteiger partial charge in [0.15, 0.2) is 11.6 Å². The van der Waals surface area contributed by atoms with Gasteiger partial charge in [-0.1, -0.05) is 6.92 Å². The third-order valence-corrected chi connectivity index (χ3v) is 6.72. The highest BCUT2D eigenvalue weighted by molar-refractivity contribution is 7.19. The first-order valence-corrected chi connectivity index (χ1v) is 11.8. The van der Waals surface area contributed by atoms with E-state index in [1.165, 1.54) is 12.1 Å². The maximum absolute atomic E-state index is 13.5. The monoisotopic (exact) mass is 464 g/mol. The Bertz CT molecular complexity index is 1260. The van der Waals surface area contributed by atoms with Crippen LogP contribution in [0.4, 0.5) is 16.2 Å². The molecule has 1 aliphatic rings. The number of aryl methyl sites for hydroxylation is 1. The number of nitrogens with zero attached hydrogens (tertiary/aromatic N) is 6. The summed E-state index contributed by atoms with van der Waals surface area (Å²) in [6, 6.07) is 10.4. The Hall–Kier alpha value is -3.17. The van der Waals surface area contributed by atoms with Crippen LogP contribution >= 0.6 is 11.3 Å². The minimum atomic E-state index is -0.275. The van der Waals surface area contributed by atoms with E-state index in [1.54, 1.807) is 29.7 Å². The number of fused-ring (bicyclic) bond motifs is 1. The Balaban J connectivity index is 1.52. The number of rotatable bonds is 6. The quantitative estimate of drug-likeness (QED) is 0.421. The van der Waals surface area contributed by atoms with Crippen LogP contribution in [0.15, 0.2) is 42.6 Å². The topological polar surface area (TPSA) is 67.3 Å². The van der Waals surface area contributed by atoms with Gasteiger partial charge in [-0.05, 0) is 42.8 Å². The molecule has 5 rings (SSSR count). The summed E-state index contributed by atoms with van der Waals surface area (Å²) in [5.74, 6) is 1.94. The van der Waals surface area contributed by atoms with Crippen molar-refractivity contribution >= 4 is 33.3 Å². The van der Waals surface area contributed by atoms with E-state index in [1.807, 2.05) is 18.0 Å². The lowest BCUT2D eigenvalue weighted by Crippen LogP contribution is -2.36. The molecule has 7 nitrogen and oxygen atoms in total. The molecule has 4 heterocycles. The van der Waals surface area contributed by atoms with Gasteiger partial charge < -0.3 is 14.5 Å². The van der Waals surface area contributed by atoms with Gasteiger partial charge in [-0.2, -0.15) is 0 Å². The number of halogens is 1. The largest absolute Gasteiger partial charge is 0.378 e. The van der Waals surface area contributed by atoms with Gasteiger partial charge in [0.2, 0.25) is 5.95 Å². The number of aromatic nitrogens is 4. The molecule has 0 radical (unpaired) electrons. The smallest absolute Gasteiger partial charge is 0.225 e. The number of anilines is 2. The third-order valence-electron chi connectivity index (χ3n) is 5.61. The van der Waals surface area contributed by atoms with Gasteiger partial charge in [-0.25, -0.2) is 24.3 Å². The number of benzene rings is 1. The maximum atomic E-state index is 13.5. The minimum absolute atomic E-state index is 0.275. The molecule has 0 atom stereocenters. The van der Waals surface area contributed by atoms with Crippen molar-refractivity contribution in [2.45, 2.75) is 19.9 Å². The van der Waals surface area contributed by atoms with Crippen LogP contribution in [-0.2, 0) is 17.7 Å². The molecule has 0 N–H and O–H groups in total. The molecule has 1 aliphatic heterocycles. The Morgan fingerprint density at radius 1 is 1.09 bits per heavy atom. The lowest BCUT2D eigenvalue weighted by atomic mass is 10.2. The molecule has 1 aromatic carbocycles. The van der Waals surface area contributed by atoms with Gasteiger partial charge in [-0.3, -0.25) is 0 Å². The minimum Gasteiger partial charge on any atom is -0.378 e. The highest BCUT2D eigenvalue weighted by atomic mass is 32.1. The van der Waals surface area contributed by atoms with Crippen molar-refractivity contribution in [2.75, 3.05) is 43.2 Å². The Morgan fingerprint density at radius 3 is 2.64 bits per heavy atom. The fourth-order valence-electron chi connectivity index (χ4n) is 3.83. The fraction of sp³-hybridized carbons (Fsp3) is 0.333. The van der Waals surface area contributed by atoms with Gasteiger partial charge in [0, 0.05) is 42.5 Å². The van der Waals surface area contributed by atoms with Crippen LogP contribution in [0.1, 0.15) is 17.5 Å². The van der Waals surface area contributed by atoms with E-state index in [4.69, 9.17) is 14.7 Å². The molecular weight excluding hydrogens is 439 g/mol. The van der Waals surface area contributed by atoms with Crippen molar-refractivity contribution in [2.24, 2.45) is 0 Å². The SMILES string of the molecule is CCc1ccnc(N(C)Cc2cc3nc(-c4ccc(F)cc4)nc(N4CCOCC4)c3s2)n1. The molecule has 3 aromatic heterocycles. The van der Waals surface area contributed by atoms with Crippen LogP contribution in [0.3, 0.4) is 0 Å². The molecule has 0 spiro atoms. The van der Waals surface area contributed by atoms with Gasteiger partial charge in [0.05, 0.1) is 30.0 Å². The summed E-state index contributed by atoms with van der Waals surface area (Å²) in [5, 5.41) is 0. The second kappa shape index (κ2) is 9.36. The van der Waals surface area contributed by atoms with Crippen molar-refractivity contribution < 1.29 is 9.13 Å². The molecule has 0 bridgehead atoms. The van der Waals surface area contributed by atoms with Crippen molar-refractivity contribution in [3.8, 4) is 11.4 Å². The number of hydrogen-bond donors (Lipinski definition) is 0. The Kier molecular flexibility index (Phi) is 6.15. The summed E-state index contributed by atoms with van der Waals surface area (Å²) in [6.45, 7) is 5.65. The average Bonchev–Trinajstić information content (AvgIpc) is 3.26. The first-order chi connectivity index (χ1) is 16.1. The standard InChI is InChI=1S/C24H25FN6OS/c1-3-18-8-9-26-24(27-18)30(2)15-19-14-20-21(33-19)23(31-10-12-32-13-11-31)29-22(28-20)16-4-6-17(25)7-5-16/h4-9,14H,3,10-13,15H2,1-2H3. The molecule has 4 aromatic rings. The predicted molar refractivity (Wildman–Crippen MR) is 129 cm³/mol. The summed E-state index contributed by atoms with van der Waals surface area (Å²) < 4.78 is 20.1. The van der Waals surface area contributed by atoms with E-state index in [2.05, 4.69) is 27.9 Å². The summed E-state index contributed by atoms with van der Waals surface area (Å²) in [7, 11) is 2.00. The van der Waals surface area contributed by atoms with Gasteiger partial charge >= 0.3 is 0 Å². The molecule has 0 saturated carbocycles. The van der Waals surface area contributed by atoms with Crippen LogP contribution in [-0.4, -0.2) is 53.3 Å². The highest BCUT2D eigenvalue weighted by Crippen LogP contribution is 2.35. The third kappa shape index (κ3) is 4.65. The van der Waals surface area contributed by atoms with Crippen LogP contribution in [0, 0.1) is 5.82 Å². The lowest BCUT2D eigenvalue weighted by Gasteiger charge is -2.28. The summed E-state index contributed by atoms with van der Waals surface area (Å²) in [5.41, 5.74) is 2.71. The number of hydrogen-bond acceptors (Lipinski definition) is 8. The van der Waals surface area contributed by atoms with Crippen LogP contribution in [0.2, 0.25) is 0 Å². The van der Waals surface area contributed by atoms with Gasteiger partial charge in [0.25, 0.3) is 0 Å². The zero-order chi connectivity index (χ0) is 22.8. The Labute approximate surface area is 195 Å². The molecule has 0 aliphatic carbocycles. The normalized spacial score (nSPS) is 14.1. The van der Waals surface area contributed by atoms with E-state index in [0.717, 1.165) is 51.7 Å². The van der Waals surface area contributed by atoms with Gasteiger partial charge in [0.1, 0.15) is 5.82 Å². The van der Waals surface area contributed by atoms with E-state index >= 15 is 0 Å². The number of morpholine rings is 1. The van der Waals surface area contributed by atoms with E-state index in [0.29, 0.717) is 31.5 Å². The fourth-order valence-corrected chi connectivity index (χ4v) is 5.00. The van der Waals surface area contributed by atoms with Crippen molar-refractivity contribution in [3.05, 3.63) is 59.0 Å². The summed E-state index contributed by atoms with van der Waals surface area (Å²) >= 11 is 1.69. The number of ether oxygens (including phenoxy) is 1. The predicted octanol–water partition coefficient (Wildman–Crippen LogP) is 4.32. The van der Waals surface area contributed by atoms with E-state index in [9.17, 15) is 4.39 Å². The number of thiophene rings is 1.